The van der Waals surface area contributed by atoms with Crippen LogP contribution in [-0.4, -0.2) is 46.5 Å². The van der Waals surface area contributed by atoms with E-state index < -0.39 is 5.97 Å². The molecule has 2 aromatic carbocycles. The average Bonchev–Trinajstić information content (AvgIpc) is 3.31. The lowest BCUT2D eigenvalue weighted by Gasteiger charge is -2.13. The van der Waals surface area contributed by atoms with Gasteiger partial charge in [0.05, 0.1) is 35.7 Å². The molecule has 4 aromatic rings. The standard InChI is InChI=1S/C24H24N4O5S/c1-31-12-6-11-28-22(29)18-10-9-17(23(30)32-2)14-19(18)25-24(28)34-15-21-27-26-20(33-21)13-16-7-4-3-5-8-16/h3-5,7-10,14H,6,11-13,15H2,1-2H3. The Labute approximate surface area is 200 Å². The minimum Gasteiger partial charge on any atom is -0.465 e. The molecule has 34 heavy (non-hydrogen) atoms. The quantitative estimate of drug-likeness (QED) is 0.146. The summed E-state index contributed by atoms with van der Waals surface area (Å²) in [5, 5.41) is 9.19. The highest BCUT2D eigenvalue weighted by Crippen LogP contribution is 2.23. The van der Waals surface area contributed by atoms with Gasteiger partial charge >= 0.3 is 5.97 Å². The Morgan fingerprint density at radius 3 is 2.65 bits per heavy atom. The second kappa shape index (κ2) is 11.1. The van der Waals surface area contributed by atoms with Crippen LogP contribution in [-0.2, 0) is 28.2 Å². The number of aromatic nitrogens is 4. The van der Waals surface area contributed by atoms with Crippen LogP contribution in [0.15, 0.2) is 62.9 Å². The molecule has 0 aliphatic carbocycles. The molecular formula is C24H24N4O5S. The summed E-state index contributed by atoms with van der Waals surface area (Å²) in [6.45, 7) is 0.960. The predicted molar refractivity (Wildman–Crippen MR) is 127 cm³/mol. The highest BCUT2D eigenvalue weighted by atomic mass is 32.2. The number of carbonyl (C=O) groups excluding carboxylic acids is 1. The average molecular weight is 481 g/mol. The third kappa shape index (κ3) is 5.52. The Balaban J connectivity index is 1.59. The van der Waals surface area contributed by atoms with Crippen molar-refractivity contribution in [2.75, 3.05) is 20.8 Å². The lowest BCUT2D eigenvalue weighted by atomic mass is 10.1. The second-order valence-electron chi connectivity index (χ2n) is 7.46. The molecule has 0 aliphatic heterocycles. The number of benzene rings is 2. The molecule has 0 radical (unpaired) electrons. The lowest BCUT2D eigenvalue weighted by Crippen LogP contribution is -2.24. The van der Waals surface area contributed by atoms with Crippen LogP contribution in [0.5, 0.6) is 0 Å². The van der Waals surface area contributed by atoms with E-state index >= 15 is 0 Å². The van der Waals surface area contributed by atoms with Crippen molar-refractivity contribution in [2.45, 2.75) is 30.3 Å². The second-order valence-corrected chi connectivity index (χ2v) is 8.40. The predicted octanol–water partition coefficient (Wildman–Crippen LogP) is 3.49. The van der Waals surface area contributed by atoms with Crippen LogP contribution < -0.4 is 5.56 Å². The van der Waals surface area contributed by atoms with Crippen molar-refractivity contribution in [1.29, 1.82) is 0 Å². The maximum atomic E-state index is 13.2. The zero-order chi connectivity index (χ0) is 23.9. The van der Waals surface area contributed by atoms with Crippen LogP contribution in [0.3, 0.4) is 0 Å². The minimum atomic E-state index is -0.487. The zero-order valence-electron chi connectivity index (χ0n) is 18.9. The SMILES string of the molecule is COCCCn1c(SCc2nnc(Cc3ccccc3)o2)nc2cc(C(=O)OC)ccc2c1=O. The number of hydrogen-bond acceptors (Lipinski definition) is 9. The van der Waals surface area contributed by atoms with Gasteiger partial charge in [0.2, 0.25) is 11.8 Å². The van der Waals surface area contributed by atoms with E-state index in [1.54, 1.807) is 29.9 Å². The van der Waals surface area contributed by atoms with Gasteiger partial charge in [-0.1, -0.05) is 42.1 Å². The van der Waals surface area contributed by atoms with Crippen molar-refractivity contribution in [3.63, 3.8) is 0 Å². The zero-order valence-corrected chi connectivity index (χ0v) is 19.7. The summed E-state index contributed by atoms with van der Waals surface area (Å²) in [5.41, 5.74) is 1.65. The van der Waals surface area contributed by atoms with Gasteiger partial charge < -0.3 is 13.9 Å². The van der Waals surface area contributed by atoms with Gasteiger partial charge in [-0.3, -0.25) is 9.36 Å². The summed E-state index contributed by atoms with van der Waals surface area (Å²) in [6.07, 6.45) is 1.20. The molecule has 4 rings (SSSR count). The van der Waals surface area contributed by atoms with Crippen molar-refractivity contribution < 1.29 is 18.7 Å². The molecule has 2 heterocycles. The van der Waals surface area contributed by atoms with Gasteiger partial charge in [-0.15, -0.1) is 10.2 Å². The largest absolute Gasteiger partial charge is 0.465 e. The van der Waals surface area contributed by atoms with E-state index in [0.717, 1.165) is 5.56 Å². The summed E-state index contributed by atoms with van der Waals surface area (Å²) in [4.78, 5) is 29.8. The topological polar surface area (TPSA) is 109 Å². The van der Waals surface area contributed by atoms with Gasteiger partial charge in [0.15, 0.2) is 5.16 Å². The summed E-state index contributed by atoms with van der Waals surface area (Å²) in [6, 6.07) is 14.6. The number of methoxy groups -OCH3 is 2. The van der Waals surface area contributed by atoms with Gasteiger partial charge in [-0.05, 0) is 30.2 Å². The van der Waals surface area contributed by atoms with E-state index in [4.69, 9.17) is 13.9 Å². The smallest absolute Gasteiger partial charge is 0.337 e. The first-order chi connectivity index (χ1) is 16.6. The monoisotopic (exact) mass is 480 g/mol. The number of ether oxygens (including phenoxy) is 2. The lowest BCUT2D eigenvalue weighted by molar-refractivity contribution is 0.0601. The summed E-state index contributed by atoms with van der Waals surface area (Å²) in [5.74, 6) is 0.824. The third-order valence-electron chi connectivity index (χ3n) is 5.10. The molecule has 9 nitrogen and oxygen atoms in total. The first-order valence-electron chi connectivity index (χ1n) is 10.7. The van der Waals surface area contributed by atoms with Crippen LogP contribution in [0.2, 0.25) is 0 Å². The van der Waals surface area contributed by atoms with Crippen molar-refractivity contribution in [2.24, 2.45) is 0 Å². The molecule has 10 heteroatoms. The maximum absolute atomic E-state index is 13.2. The number of thioether (sulfide) groups is 1. The van der Waals surface area contributed by atoms with E-state index in [1.807, 2.05) is 30.3 Å². The van der Waals surface area contributed by atoms with E-state index in [0.29, 0.717) is 65.2 Å². The highest BCUT2D eigenvalue weighted by molar-refractivity contribution is 7.98. The molecule has 0 saturated carbocycles. The van der Waals surface area contributed by atoms with Crippen LogP contribution in [0.4, 0.5) is 0 Å². The minimum absolute atomic E-state index is 0.185. The van der Waals surface area contributed by atoms with Gasteiger partial charge in [0.1, 0.15) is 0 Å². The molecule has 176 valence electrons. The fourth-order valence-corrected chi connectivity index (χ4v) is 4.30. The van der Waals surface area contributed by atoms with Crippen molar-refractivity contribution in [1.82, 2.24) is 19.7 Å². The first-order valence-corrected chi connectivity index (χ1v) is 11.7. The molecule has 0 spiro atoms. The Hall–Kier alpha value is -3.50. The molecule has 0 unspecified atom stereocenters. The molecule has 0 atom stereocenters. The van der Waals surface area contributed by atoms with Gasteiger partial charge in [0, 0.05) is 20.3 Å². The molecule has 2 aromatic heterocycles. The summed E-state index contributed by atoms with van der Waals surface area (Å²) < 4.78 is 17.3. The van der Waals surface area contributed by atoms with Crippen LogP contribution in [0, 0.1) is 0 Å². The molecule has 0 N–H and O–H groups in total. The molecule has 0 aliphatic rings. The Morgan fingerprint density at radius 2 is 1.88 bits per heavy atom. The van der Waals surface area contributed by atoms with Crippen molar-refractivity contribution >= 4 is 28.6 Å². The van der Waals surface area contributed by atoms with Gasteiger partial charge in [0.25, 0.3) is 5.56 Å². The number of hydrogen-bond donors (Lipinski definition) is 0. The molecule has 0 fully saturated rings. The maximum Gasteiger partial charge on any atom is 0.337 e. The fourth-order valence-electron chi connectivity index (χ4n) is 3.43. The van der Waals surface area contributed by atoms with Gasteiger partial charge in [-0.25, -0.2) is 9.78 Å². The number of nitrogens with zero attached hydrogens (tertiary/aromatic N) is 4. The van der Waals surface area contributed by atoms with Crippen molar-refractivity contribution in [3.05, 3.63) is 81.8 Å². The van der Waals surface area contributed by atoms with E-state index in [9.17, 15) is 9.59 Å². The molecule has 0 amide bonds. The summed E-state index contributed by atoms with van der Waals surface area (Å²) in [7, 11) is 2.93. The van der Waals surface area contributed by atoms with Crippen LogP contribution in [0.1, 0.15) is 34.1 Å². The van der Waals surface area contributed by atoms with Gasteiger partial charge in [-0.2, -0.15) is 0 Å². The fraction of sp³-hybridized carbons (Fsp3) is 0.292. The Kier molecular flexibility index (Phi) is 7.71. The highest BCUT2D eigenvalue weighted by Gasteiger charge is 2.16. The van der Waals surface area contributed by atoms with E-state index in [2.05, 4.69) is 15.2 Å². The Morgan fingerprint density at radius 1 is 1.09 bits per heavy atom. The number of esters is 1. The van der Waals surface area contributed by atoms with Crippen LogP contribution in [0.25, 0.3) is 10.9 Å². The van der Waals surface area contributed by atoms with Crippen molar-refractivity contribution in [3.8, 4) is 0 Å². The number of carbonyl (C=O) groups is 1. The molecular weight excluding hydrogens is 456 g/mol. The number of fused-ring (bicyclic) bond motifs is 1. The van der Waals surface area contributed by atoms with Crippen LogP contribution >= 0.6 is 11.8 Å². The van der Waals surface area contributed by atoms with E-state index in [-0.39, 0.29) is 5.56 Å². The Bertz CT molecular complexity index is 1340. The third-order valence-corrected chi connectivity index (χ3v) is 6.06. The summed E-state index contributed by atoms with van der Waals surface area (Å²) >= 11 is 1.33. The normalized spacial score (nSPS) is 11.1. The molecule has 0 saturated heterocycles. The van der Waals surface area contributed by atoms with E-state index in [1.165, 1.54) is 18.9 Å². The molecule has 0 bridgehead atoms. The number of rotatable bonds is 10. The first kappa shape index (κ1) is 23.7.